The highest BCUT2D eigenvalue weighted by molar-refractivity contribution is 7.89. The van der Waals surface area contributed by atoms with Gasteiger partial charge in [-0.2, -0.15) is 4.31 Å². The van der Waals surface area contributed by atoms with Crippen LogP contribution in [0.25, 0.3) is 0 Å². The minimum atomic E-state index is -3.66. The number of benzene rings is 2. The van der Waals surface area contributed by atoms with Gasteiger partial charge in [0.2, 0.25) is 15.9 Å². The van der Waals surface area contributed by atoms with Crippen LogP contribution < -0.4 is 10.6 Å². The number of sulfonamides is 1. The van der Waals surface area contributed by atoms with E-state index < -0.39 is 22.2 Å². The van der Waals surface area contributed by atoms with Crippen molar-refractivity contribution in [3.8, 4) is 0 Å². The minimum Gasteiger partial charge on any atom is -0.465 e. The number of hydrogen-bond donors (Lipinski definition) is 3. The minimum absolute atomic E-state index is 0.00941. The molecule has 2 fully saturated rings. The van der Waals surface area contributed by atoms with Gasteiger partial charge in [-0.15, -0.1) is 0 Å². The van der Waals surface area contributed by atoms with Crippen LogP contribution in [0.3, 0.4) is 0 Å². The predicted molar refractivity (Wildman–Crippen MR) is 118 cm³/mol. The van der Waals surface area contributed by atoms with Crippen molar-refractivity contribution in [2.75, 3.05) is 13.1 Å². The van der Waals surface area contributed by atoms with Gasteiger partial charge in [-0.3, -0.25) is 4.79 Å². The first kappa shape index (κ1) is 22.0. The molecule has 1 aliphatic heterocycles. The molecule has 1 saturated heterocycles. The molecule has 2 aromatic rings. The van der Waals surface area contributed by atoms with E-state index in [9.17, 15) is 23.1 Å². The largest absolute Gasteiger partial charge is 0.465 e. The van der Waals surface area contributed by atoms with Crippen LogP contribution in [0, 0.1) is 11.8 Å². The van der Waals surface area contributed by atoms with Crippen LogP contribution in [0.15, 0.2) is 72.1 Å². The number of nitrogens with zero attached hydrogens (tertiary/aromatic N) is 1. The number of rotatable bonds is 8. The molecule has 9 heteroatoms. The second kappa shape index (κ2) is 8.76. The molecule has 1 aliphatic carbocycles. The third kappa shape index (κ3) is 4.53. The molecule has 2 aromatic carbocycles. The number of fused-ring (bicyclic) bond motifs is 1. The summed E-state index contributed by atoms with van der Waals surface area (Å²) in [6.45, 7) is 4.17. The lowest BCUT2D eigenvalue weighted by molar-refractivity contribution is -0.116. The molecule has 3 unspecified atom stereocenters. The van der Waals surface area contributed by atoms with Gasteiger partial charge in [-0.1, -0.05) is 49.0 Å². The van der Waals surface area contributed by atoms with Crippen molar-refractivity contribution in [2.24, 2.45) is 11.8 Å². The van der Waals surface area contributed by atoms with E-state index in [4.69, 9.17) is 0 Å². The first-order chi connectivity index (χ1) is 15.3. The normalized spacial score (nSPS) is 23.1. The Morgan fingerprint density at radius 1 is 1.09 bits per heavy atom. The molecule has 4 rings (SSSR count). The van der Waals surface area contributed by atoms with Gasteiger partial charge in [-0.05, 0) is 47.6 Å². The van der Waals surface area contributed by atoms with Crippen LogP contribution in [-0.4, -0.2) is 49.0 Å². The average Bonchev–Trinajstić information content (AvgIpc) is 3.19. The van der Waals surface area contributed by atoms with E-state index in [1.54, 1.807) is 12.1 Å². The van der Waals surface area contributed by atoms with Gasteiger partial charge < -0.3 is 15.7 Å². The van der Waals surface area contributed by atoms with Crippen molar-refractivity contribution in [3.05, 3.63) is 78.4 Å². The molecule has 8 nitrogen and oxygen atoms in total. The molecule has 2 aliphatic rings. The molecule has 0 bridgehead atoms. The lowest BCUT2D eigenvalue weighted by Gasteiger charge is -2.21. The Bertz CT molecular complexity index is 1110. The lowest BCUT2D eigenvalue weighted by atomic mass is 9.99. The van der Waals surface area contributed by atoms with Crippen LogP contribution in [-0.2, 0) is 21.2 Å². The Kier molecular flexibility index (Phi) is 6.03. The summed E-state index contributed by atoms with van der Waals surface area (Å²) in [6, 6.07) is 15.3. The molecule has 32 heavy (non-hydrogen) atoms. The summed E-state index contributed by atoms with van der Waals surface area (Å²) >= 11 is 0. The summed E-state index contributed by atoms with van der Waals surface area (Å²) in [7, 11) is -3.66. The summed E-state index contributed by atoms with van der Waals surface area (Å²) < 4.78 is 27.5. The first-order valence-electron chi connectivity index (χ1n) is 10.4. The van der Waals surface area contributed by atoms with Gasteiger partial charge >= 0.3 is 6.09 Å². The second-order valence-electron chi connectivity index (χ2n) is 8.15. The van der Waals surface area contributed by atoms with E-state index in [-0.39, 0.29) is 28.7 Å². The van der Waals surface area contributed by atoms with Crippen molar-refractivity contribution in [1.82, 2.24) is 14.9 Å². The Labute approximate surface area is 187 Å². The van der Waals surface area contributed by atoms with E-state index >= 15 is 0 Å². The standard InChI is InChI=1S/C23H25N3O5S/c1-2-21(27)25-22-18-13-26(14-19(18)22)32(30,31)17-10-8-16(9-11-17)20(24-23(28)29)12-15-6-4-3-5-7-15/h2-11,18-20,22,24H,1,12-14H2,(H,25,27)(H,28,29). The van der Waals surface area contributed by atoms with Crippen LogP contribution in [0.4, 0.5) is 4.79 Å². The Morgan fingerprint density at radius 2 is 1.72 bits per heavy atom. The van der Waals surface area contributed by atoms with Gasteiger partial charge in [0.1, 0.15) is 0 Å². The monoisotopic (exact) mass is 455 g/mol. The fourth-order valence-electron chi connectivity index (χ4n) is 4.39. The van der Waals surface area contributed by atoms with Gasteiger partial charge in [0, 0.05) is 19.1 Å². The number of amides is 2. The van der Waals surface area contributed by atoms with E-state index in [1.807, 2.05) is 30.3 Å². The van der Waals surface area contributed by atoms with Crippen molar-refractivity contribution >= 4 is 22.0 Å². The number of carbonyl (C=O) groups excluding carboxylic acids is 1. The number of hydrogen-bond acceptors (Lipinski definition) is 4. The highest BCUT2D eigenvalue weighted by Gasteiger charge is 2.58. The molecule has 0 aromatic heterocycles. The fourth-order valence-corrected chi connectivity index (χ4v) is 5.91. The summed E-state index contributed by atoms with van der Waals surface area (Å²) in [6.07, 6.45) is 0.526. The molecule has 3 N–H and O–H groups in total. The Balaban J connectivity index is 1.45. The van der Waals surface area contributed by atoms with Crippen LogP contribution in [0.5, 0.6) is 0 Å². The van der Waals surface area contributed by atoms with Crippen molar-refractivity contribution in [2.45, 2.75) is 23.4 Å². The van der Waals surface area contributed by atoms with Gasteiger partial charge in [-0.25, -0.2) is 13.2 Å². The topological polar surface area (TPSA) is 116 Å². The Morgan fingerprint density at radius 3 is 2.28 bits per heavy atom. The van der Waals surface area contributed by atoms with Crippen LogP contribution >= 0.6 is 0 Å². The van der Waals surface area contributed by atoms with Gasteiger partial charge in [0.25, 0.3) is 0 Å². The van der Waals surface area contributed by atoms with Gasteiger partial charge in [0.15, 0.2) is 0 Å². The van der Waals surface area contributed by atoms with Crippen LogP contribution in [0.2, 0.25) is 0 Å². The third-order valence-electron chi connectivity index (χ3n) is 6.16. The van der Waals surface area contributed by atoms with Crippen LogP contribution in [0.1, 0.15) is 17.2 Å². The summed E-state index contributed by atoms with van der Waals surface area (Å²) in [5, 5.41) is 14.6. The first-order valence-corrected chi connectivity index (χ1v) is 11.8. The number of carbonyl (C=O) groups is 2. The highest BCUT2D eigenvalue weighted by atomic mass is 32.2. The van der Waals surface area contributed by atoms with E-state index in [1.165, 1.54) is 22.5 Å². The Hall–Kier alpha value is -3.17. The summed E-state index contributed by atoms with van der Waals surface area (Å²) in [5.41, 5.74) is 1.66. The SMILES string of the molecule is C=CC(=O)NC1C2CN(S(=O)(=O)c3ccc(C(Cc4ccccc4)NC(=O)O)cc3)CC21. The smallest absolute Gasteiger partial charge is 0.405 e. The number of nitrogens with one attached hydrogen (secondary N) is 2. The van der Waals surface area contributed by atoms with Crippen molar-refractivity contribution in [1.29, 1.82) is 0 Å². The molecule has 3 atom stereocenters. The number of carboxylic acid groups (broad SMARTS) is 1. The highest BCUT2D eigenvalue weighted by Crippen LogP contribution is 2.47. The fraction of sp³-hybridized carbons (Fsp3) is 0.304. The zero-order chi connectivity index (χ0) is 22.9. The zero-order valence-corrected chi connectivity index (χ0v) is 18.2. The second-order valence-corrected chi connectivity index (χ2v) is 10.1. The maximum Gasteiger partial charge on any atom is 0.405 e. The quantitative estimate of drug-likeness (QED) is 0.528. The molecule has 2 amide bonds. The van der Waals surface area contributed by atoms with Crippen molar-refractivity contribution in [3.63, 3.8) is 0 Å². The van der Waals surface area contributed by atoms with Crippen molar-refractivity contribution < 1.29 is 23.1 Å². The summed E-state index contributed by atoms with van der Waals surface area (Å²) in [5.74, 6) is 0.0142. The molecular weight excluding hydrogens is 430 g/mol. The molecule has 0 radical (unpaired) electrons. The maximum absolute atomic E-state index is 13.0. The van der Waals surface area contributed by atoms with Gasteiger partial charge in [0.05, 0.1) is 10.9 Å². The van der Waals surface area contributed by atoms with E-state index in [0.717, 1.165) is 5.56 Å². The average molecular weight is 456 g/mol. The predicted octanol–water partition coefficient (Wildman–Crippen LogP) is 2.16. The maximum atomic E-state index is 13.0. The molecular formula is C23H25N3O5S. The van der Waals surface area contributed by atoms with E-state index in [2.05, 4.69) is 17.2 Å². The molecule has 1 saturated carbocycles. The molecule has 0 spiro atoms. The zero-order valence-electron chi connectivity index (χ0n) is 17.3. The summed E-state index contributed by atoms with van der Waals surface area (Å²) in [4.78, 5) is 22.9. The third-order valence-corrected chi connectivity index (χ3v) is 8.00. The van der Waals surface area contributed by atoms with E-state index in [0.29, 0.717) is 25.1 Å². The number of piperidine rings is 1. The lowest BCUT2D eigenvalue weighted by Crippen LogP contribution is -2.37. The molecule has 168 valence electrons. The molecule has 1 heterocycles.